The van der Waals surface area contributed by atoms with Gasteiger partial charge in [-0.25, -0.2) is 4.98 Å². The summed E-state index contributed by atoms with van der Waals surface area (Å²) in [6.45, 7) is 3.74. The van der Waals surface area contributed by atoms with Crippen molar-refractivity contribution >= 4 is 5.69 Å². The molecule has 2 aromatic carbocycles. The van der Waals surface area contributed by atoms with E-state index in [4.69, 9.17) is 18.9 Å². The second-order valence-electron chi connectivity index (χ2n) is 6.84. The van der Waals surface area contributed by atoms with E-state index in [0.29, 0.717) is 30.4 Å². The lowest BCUT2D eigenvalue weighted by molar-refractivity contribution is 0.112. The van der Waals surface area contributed by atoms with Gasteiger partial charge in [-0.2, -0.15) is 0 Å². The lowest BCUT2D eigenvalue weighted by atomic mass is 10.2. The molecule has 3 aromatic rings. The molecule has 0 unspecified atom stereocenters. The summed E-state index contributed by atoms with van der Waals surface area (Å²) < 4.78 is 22.1. The van der Waals surface area contributed by atoms with Crippen LogP contribution in [0.25, 0.3) is 0 Å². The van der Waals surface area contributed by atoms with Gasteiger partial charge in [0.1, 0.15) is 36.6 Å². The van der Waals surface area contributed by atoms with E-state index in [2.05, 4.69) is 14.9 Å². The number of ether oxygens (including phenoxy) is 4. The number of aliphatic hydroxyl groups is 1. The molecule has 8 nitrogen and oxygen atoms in total. The van der Waals surface area contributed by atoms with Crippen LogP contribution in [0.15, 0.2) is 54.9 Å². The number of imidazole rings is 1. The van der Waals surface area contributed by atoms with Crippen LogP contribution in [0.4, 0.5) is 5.69 Å². The van der Waals surface area contributed by atoms with Crippen LogP contribution in [0.5, 0.6) is 23.0 Å². The Bertz CT molecular complexity index is 915. The first-order chi connectivity index (χ1) is 15.1. The van der Waals surface area contributed by atoms with Crippen molar-refractivity contribution in [2.24, 2.45) is 0 Å². The first-order valence-corrected chi connectivity index (χ1v) is 10.1. The van der Waals surface area contributed by atoms with Gasteiger partial charge in [-0.1, -0.05) is 0 Å². The average molecular weight is 428 g/mol. The highest BCUT2D eigenvalue weighted by Crippen LogP contribution is 2.31. The topological polar surface area (TPSA) is 89.1 Å². The molecular weight excluding hydrogens is 398 g/mol. The molecule has 0 aliphatic heterocycles. The molecule has 3 rings (SSSR count). The fraction of sp³-hybridized carbons (Fsp3) is 0.348. The Balaban J connectivity index is 1.49. The number of anilines is 1. The summed E-state index contributed by atoms with van der Waals surface area (Å²) >= 11 is 0. The van der Waals surface area contributed by atoms with E-state index in [1.165, 1.54) is 0 Å². The Hall–Kier alpha value is -3.39. The molecule has 1 aromatic heterocycles. The number of hydrogen-bond donors (Lipinski definition) is 2. The van der Waals surface area contributed by atoms with E-state index >= 15 is 0 Å². The highest BCUT2D eigenvalue weighted by atomic mass is 16.5. The van der Waals surface area contributed by atoms with Crippen LogP contribution in [-0.4, -0.2) is 55.1 Å². The van der Waals surface area contributed by atoms with E-state index in [-0.39, 0.29) is 6.61 Å². The highest BCUT2D eigenvalue weighted by Gasteiger charge is 2.14. The average Bonchev–Trinajstić information content (AvgIpc) is 3.33. The van der Waals surface area contributed by atoms with Gasteiger partial charge in [0.05, 0.1) is 14.2 Å². The summed E-state index contributed by atoms with van der Waals surface area (Å²) in [7, 11) is 3.21. The van der Waals surface area contributed by atoms with Gasteiger partial charge in [-0.3, -0.25) is 0 Å². The van der Waals surface area contributed by atoms with Crippen molar-refractivity contribution in [2.45, 2.75) is 19.6 Å². The first-order valence-electron chi connectivity index (χ1n) is 10.1. The van der Waals surface area contributed by atoms with Gasteiger partial charge >= 0.3 is 0 Å². The monoisotopic (exact) mass is 427 g/mol. The van der Waals surface area contributed by atoms with Gasteiger partial charge in [0.2, 0.25) is 0 Å². The molecule has 0 amide bonds. The van der Waals surface area contributed by atoms with Crippen molar-refractivity contribution in [1.82, 2.24) is 9.97 Å². The van der Waals surface area contributed by atoms with Gasteiger partial charge in [-0.05, 0) is 43.3 Å². The normalized spacial score (nSPS) is 11.6. The second-order valence-corrected chi connectivity index (χ2v) is 6.84. The third kappa shape index (κ3) is 6.29. The molecule has 0 saturated heterocycles. The third-order valence-electron chi connectivity index (χ3n) is 4.74. The maximum absolute atomic E-state index is 10.5. The van der Waals surface area contributed by atoms with Crippen molar-refractivity contribution in [2.75, 3.05) is 38.8 Å². The summed E-state index contributed by atoms with van der Waals surface area (Å²) in [5, 5.41) is 10.5. The largest absolute Gasteiger partial charge is 0.493 e. The van der Waals surface area contributed by atoms with Gasteiger partial charge < -0.3 is 33.9 Å². The van der Waals surface area contributed by atoms with Gasteiger partial charge in [0.25, 0.3) is 0 Å². The molecule has 31 heavy (non-hydrogen) atoms. The first kappa shape index (κ1) is 22.3. The summed E-state index contributed by atoms with van der Waals surface area (Å²) in [5.74, 6) is 3.47. The van der Waals surface area contributed by atoms with Crippen molar-refractivity contribution in [3.05, 3.63) is 60.7 Å². The molecule has 0 aliphatic carbocycles. The number of hydrogen-bond acceptors (Lipinski definition) is 7. The number of nitrogens with one attached hydrogen (secondary N) is 1. The number of nitrogens with zero attached hydrogens (tertiary/aromatic N) is 2. The van der Waals surface area contributed by atoms with Gasteiger partial charge in [-0.15, -0.1) is 0 Å². The van der Waals surface area contributed by atoms with Crippen LogP contribution in [0, 0.1) is 0 Å². The Labute approximate surface area is 182 Å². The summed E-state index contributed by atoms with van der Waals surface area (Å²) in [5.41, 5.74) is 0.942. The Kier molecular flexibility index (Phi) is 8.00. The lowest BCUT2D eigenvalue weighted by Gasteiger charge is -2.26. The van der Waals surface area contributed by atoms with Crippen molar-refractivity contribution < 1.29 is 24.1 Å². The number of likely N-dealkylation sites (N-methyl/N-ethyl adjacent to an activating group) is 1. The molecule has 0 fully saturated rings. The van der Waals surface area contributed by atoms with Gasteiger partial charge in [0, 0.05) is 37.2 Å². The zero-order valence-corrected chi connectivity index (χ0v) is 18.1. The fourth-order valence-corrected chi connectivity index (χ4v) is 3.10. The van der Waals surface area contributed by atoms with Crippen LogP contribution in [0.1, 0.15) is 12.7 Å². The summed E-state index contributed by atoms with van der Waals surface area (Å²) in [4.78, 5) is 9.17. The maximum atomic E-state index is 10.5. The Morgan fingerprint density at radius 1 is 1.00 bits per heavy atom. The Morgan fingerprint density at radius 3 is 2.32 bits per heavy atom. The molecule has 0 saturated carbocycles. The SMILES string of the molecule is CCN(C[C@H](O)COc1ccc(OCc2ncc[nH]2)cc1)c1ccc(OC)c(OC)c1. The molecule has 2 N–H and O–H groups in total. The summed E-state index contributed by atoms with van der Waals surface area (Å²) in [6.07, 6.45) is 2.78. The molecule has 0 spiro atoms. The number of rotatable bonds is 12. The smallest absolute Gasteiger partial charge is 0.162 e. The van der Waals surface area contributed by atoms with Crippen LogP contribution >= 0.6 is 0 Å². The van der Waals surface area contributed by atoms with E-state index in [1.54, 1.807) is 26.6 Å². The molecule has 166 valence electrons. The maximum Gasteiger partial charge on any atom is 0.162 e. The molecule has 1 heterocycles. The highest BCUT2D eigenvalue weighted by molar-refractivity contribution is 5.56. The zero-order chi connectivity index (χ0) is 22.1. The number of aromatic nitrogens is 2. The van der Waals surface area contributed by atoms with Gasteiger partial charge in [0.15, 0.2) is 11.5 Å². The van der Waals surface area contributed by atoms with Crippen LogP contribution in [0.2, 0.25) is 0 Å². The molecular formula is C23H29N3O5. The molecule has 1 atom stereocenters. The van der Waals surface area contributed by atoms with Crippen LogP contribution < -0.4 is 23.8 Å². The van der Waals surface area contributed by atoms with E-state index < -0.39 is 6.10 Å². The molecule has 0 aliphatic rings. The number of benzene rings is 2. The predicted octanol–water partition coefficient (Wildman–Crippen LogP) is 3.27. The minimum atomic E-state index is -0.664. The van der Waals surface area contributed by atoms with Crippen molar-refractivity contribution in [3.8, 4) is 23.0 Å². The number of aromatic amines is 1. The number of aliphatic hydroxyl groups excluding tert-OH is 1. The zero-order valence-electron chi connectivity index (χ0n) is 18.1. The van der Waals surface area contributed by atoms with Crippen LogP contribution in [0.3, 0.4) is 0 Å². The number of methoxy groups -OCH3 is 2. The van der Waals surface area contributed by atoms with Crippen molar-refractivity contribution in [3.63, 3.8) is 0 Å². The van der Waals surface area contributed by atoms with E-state index in [0.717, 1.165) is 23.8 Å². The number of H-pyrrole nitrogens is 1. The quantitative estimate of drug-likeness (QED) is 0.459. The molecule has 8 heteroatoms. The van der Waals surface area contributed by atoms with Crippen LogP contribution in [-0.2, 0) is 6.61 Å². The van der Waals surface area contributed by atoms with Crippen molar-refractivity contribution in [1.29, 1.82) is 0 Å². The predicted molar refractivity (Wildman–Crippen MR) is 118 cm³/mol. The summed E-state index contributed by atoms with van der Waals surface area (Å²) in [6, 6.07) is 13.0. The minimum absolute atomic E-state index is 0.177. The third-order valence-corrected chi connectivity index (χ3v) is 4.74. The lowest BCUT2D eigenvalue weighted by Crippen LogP contribution is -2.35. The van der Waals surface area contributed by atoms with E-state index in [1.807, 2.05) is 49.4 Å². The molecule has 0 radical (unpaired) electrons. The minimum Gasteiger partial charge on any atom is -0.493 e. The standard InChI is InChI=1S/C23H29N3O5/c1-4-26(17-5-10-21(28-2)22(13-17)29-3)14-18(27)15-30-19-6-8-20(9-7-19)31-16-23-24-11-12-25-23/h5-13,18,27H,4,14-16H2,1-3H3,(H,24,25)/t18-/m0/s1. The Morgan fingerprint density at radius 2 is 1.71 bits per heavy atom. The molecule has 0 bridgehead atoms. The van der Waals surface area contributed by atoms with E-state index in [9.17, 15) is 5.11 Å². The second kappa shape index (κ2) is 11.1. The fourth-order valence-electron chi connectivity index (χ4n) is 3.10.